The van der Waals surface area contributed by atoms with Crippen LogP contribution in [0.5, 0.6) is 0 Å². The number of aliphatic hydroxyl groups is 1. The van der Waals surface area contributed by atoms with Crippen molar-refractivity contribution in [3.8, 4) is 0 Å². The first-order valence-electron chi connectivity index (χ1n) is 12.5. The Kier molecular flexibility index (Phi) is 17.0. The van der Waals surface area contributed by atoms with Gasteiger partial charge in [0, 0.05) is 5.92 Å². The van der Waals surface area contributed by atoms with E-state index in [9.17, 15) is 19.5 Å². The van der Waals surface area contributed by atoms with Crippen LogP contribution in [0.15, 0.2) is 0 Å². The van der Waals surface area contributed by atoms with Gasteiger partial charge < -0.3 is 32.5 Å². The highest BCUT2D eigenvalue weighted by atomic mass is 16.3. The molecule has 8 N–H and O–H groups in total. The summed E-state index contributed by atoms with van der Waals surface area (Å²) >= 11 is 0. The van der Waals surface area contributed by atoms with Crippen LogP contribution in [0.1, 0.15) is 79.6 Å². The zero-order chi connectivity index (χ0) is 25.4. The first-order chi connectivity index (χ1) is 15.6. The maximum absolute atomic E-state index is 12.8. The van der Waals surface area contributed by atoms with Crippen LogP contribution in [-0.2, 0) is 14.4 Å². The first kappa shape index (κ1) is 31.4. The maximum Gasteiger partial charge on any atom is 0.245 e. The van der Waals surface area contributed by atoms with Gasteiger partial charge in [-0.15, -0.1) is 0 Å². The van der Waals surface area contributed by atoms with Gasteiger partial charge in [-0.25, -0.2) is 0 Å². The molecule has 0 aromatic carbocycles. The zero-order valence-corrected chi connectivity index (χ0v) is 21.4. The van der Waals surface area contributed by atoms with Crippen molar-refractivity contribution in [2.45, 2.75) is 104 Å². The van der Waals surface area contributed by atoms with E-state index < -0.39 is 36.0 Å². The van der Waals surface area contributed by atoms with E-state index in [1.54, 1.807) is 13.8 Å². The van der Waals surface area contributed by atoms with Crippen molar-refractivity contribution in [2.24, 2.45) is 23.3 Å². The van der Waals surface area contributed by atoms with Crippen LogP contribution >= 0.6 is 0 Å². The average Bonchev–Trinajstić information content (AvgIpc) is 2.77. The number of ketones is 1. The van der Waals surface area contributed by atoms with Gasteiger partial charge in [0.1, 0.15) is 6.04 Å². The second-order valence-corrected chi connectivity index (χ2v) is 9.37. The van der Waals surface area contributed by atoms with E-state index in [0.29, 0.717) is 19.5 Å². The number of nitrogens with one attached hydrogen (secondary N) is 3. The molecule has 0 aromatic rings. The Morgan fingerprint density at radius 1 is 0.818 bits per heavy atom. The van der Waals surface area contributed by atoms with Crippen molar-refractivity contribution in [3.05, 3.63) is 0 Å². The minimum Gasteiger partial charge on any atom is -0.391 e. The number of hydrogen-bond donors (Lipinski definition) is 6. The molecule has 0 heterocycles. The normalized spacial score (nSPS) is 16.0. The molecule has 0 rings (SSSR count). The smallest absolute Gasteiger partial charge is 0.245 e. The van der Waals surface area contributed by atoms with E-state index in [1.807, 2.05) is 0 Å². The van der Waals surface area contributed by atoms with Crippen molar-refractivity contribution in [2.75, 3.05) is 19.6 Å². The summed E-state index contributed by atoms with van der Waals surface area (Å²) in [5.74, 6) is -0.684. The van der Waals surface area contributed by atoms with Crippen molar-refractivity contribution in [1.82, 2.24) is 16.0 Å². The zero-order valence-electron chi connectivity index (χ0n) is 21.4. The molecule has 0 aromatic heterocycles. The standard InChI is InChI=1S/C24H49N5O4/c1-6-17(4)10-8-7-9-15-27-20(12-14-26)23(32)29-21(18(5)30)24(33)28-19(11-13-25)22(31)16(2)3/h16-21,27,30H,6-15,25-26H2,1-5H3,(H,28,33)(H,29,32)/t17-,18-,19-,20-,21-/m0/s1. The molecule has 0 spiro atoms. The molecule has 5 atom stereocenters. The van der Waals surface area contributed by atoms with Gasteiger partial charge in [0.05, 0.1) is 18.2 Å². The lowest BCUT2D eigenvalue weighted by atomic mass is 9.98. The van der Waals surface area contributed by atoms with E-state index in [0.717, 1.165) is 25.2 Å². The van der Waals surface area contributed by atoms with Gasteiger partial charge in [-0.3, -0.25) is 14.4 Å². The molecule has 0 bridgehead atoms. The number of aliphatic hydroxyl groups excluding tert-OH is 1. The fourth-order valence-electron chi connectivity index (χ4n) is 3.54. The maximum atomic E-state index is 12.8. The average molecular weight is 472 g/mol. The quantitative estimate of drug-likeness (QED) is 0.152. The number of rotatable bonds is 19. The summed E-state index contributed by atoms with van der Waals surface area (Å²) in [6.07, 6.45) is 5.15. The molecule has 0 saturated carbocycles. The Morgan fingerprint density at radius 3 is 1.94 bits per heavy atom. The van der Waals surface area contributed by atoms with Crippen LogP contribution < -0.4 is 27.4 Å². The number of nitrogens with two attached hydrogens (primary N) is 2. The minimum absolute atomic E-state index is 0.138. The Labute approximate surface area is 200 Å². The lowest BCUT2D eigenvalue weighted by Gasteiger charge is -2.27. The predicted octanol–water partition coefficient (Wildman–Crippen LogP) is 0.824. The molecule has 33 heavy (non-hydrogen) atoms. The van der Waals surface area contributed by atoms with E-state index in [4.69, 9.17) is 11.5 Å². The largest absolute Gasteiger partial charge is 0.391 e. The van der Waals surface area contributed by atoms with Crippen LogP contribution in [0.2, 0.25) is 0 Å². The van der Waals surface area contributed by atoms with Crippen molar-refractivity contribution >= 4 is 17.6 Å². The van der Waals surface area contributed by atoms with Gasteiger partial charge >= 0.3 is 0 Å². The number of amides is 2. The van der Waals surface area contributed by atoms with Crippen LogP contribution in [0.25, 0.3) is 0 Å². The van der Waals surface area contributed by atoms with Crippen LogP contribution in [-0.4, -0.2) is 66.6 Å². The van der Waals surface area contributed by atoms with Crippen molar-refractivity contribution < 1.29 is 19.5 Å². The molecule has 0 aliphatic rings. The van der Waals surface area contributed by atoms with Gasteiger partial charge in [0.2, 0.25) is 11.8 Å². The second-order valence-electron chi connectivity index (χ2n) is 9.37. The molecule has 0 radical (unpaired) electrons. The third kappa shape index (κ3) is 13.1. The first-order valence-corrected chi connectivity index (χ1v) is 12.5. The molecule has 194 valence electrons. The lowest BCUT2D eigenvalue weighted by Crippen LogP contribution is -2.59. The molecular formula is C24H49N5O4. The summed E-state index contributed by atoms with van der Waals surface area (Å²) < 4.78 is 0. The summed E-state index contributed by atoms with van der Waals surface area (Å²) in [5.41, 5.74) is 11.3. The summed E-state index contributed by atoms with van der Waals surface area (Å²) in [7, 11) is 0. The van der Waals surface area contributed by atoms with E-state index >= 15 is 0 Å². The summed E-state index contributed by atoms with van der Waals surface area (Å²) in [6, 6.07) is -2.50. The highest BCUT2D eigenvalue weighted by molar-refractivity contribution is 5.94. The molecule has 9 nitrogen and oxygen atoms in total. The third-order valence-electron chi connectivity index (χ3n) is 5.98. The Morgan fingerprint density at radius 2 is 1.42 bits per heavy atom. The Hall–Kier alpha value is -1.55. The SMILES string of the molecule is CC[C@H](C)CCCCCN[C@@H](CCN)C(=O)N[C@H](C(=O)N[C@@H](CCN)C(=O)C(C)C)[C@H](C)O. The molecule has 0 aliphatic carbocycles. The van der Waals surface area contributed by atoms with Crippen molar-refractivity contribution in [3.63, 3.8) is 0 Å². The van der Waals surface area contributed by atoms with E-state index in [1.165, 1.54) is 19.8 Å². The van der Waals surface area contributed by atoms with Gasteiger partial charge in [-0.2, -0.15) is 0 Å². The fraction of sp³-hybridized carbons (Fsp3) is 0.875. The minimum atomic E-state index is -1.18. The Bertz CT molecular complexity index is 571. The predicted molar refractivity (Wildman–Crippen MR) is 132 cm³/mol. The topological polar surface area (TPSA) is 160 Å². The molecule has 2 amide bonds. The van der Waals surface area contributed by atoms with E-state index in [2.05, 4.69) is 29.8 Å². The van der Waals surface area contributed by atoms with Gasteiger partial charge in [-0.1, -0.05) is 53.4 Å². The number of carbonyl (C=O) groups is 3. The van der Waals surface area contributed by atoms with Gasteiger partial charge in [0.15, 0.2) is 5.78 Å². The number of Topliss-reactive ketones (excluding diaryl/α,β-unsaturated/α-hetero) is 1. The summed E-state index contributed by atoms with van der Waals surface area (Å²) in [6.45, 7) is 10.6. The third-order valence-corrected chi connectivity index (χ3v) is 5.98. The van der Waals surface area contributed by atoms with Crippen LogP contribution in [0.3, 0.4) is 0 Å². The number of carbonyl (C=O) groups excluding carboxylic acids is 3. The lowest BCUT2D eigenvalue weighted by molar-refractivity contribution is -0.135. The second kappa shape index (κ2) is 17.9. The Balaban J connectivity index is 4.91. The molecular weight excluding hydrogens is 422 g/mol. The van der Waals surface area contributed by atoms with Crippen molar-refractivity contribution in [1.29, 1.82) is 0 Å². The van der Waals surface area contributed by atoms with Gasteiger partial charge in [0.25, 0.3) is 0 Å². The molecule has 0 saturated heterocycles. The van der Waals surface area contributed by atoms with Crippen LogP contribution in [0.4, 0.5) is 0 Å². The number of hydrogen-bond acceptors (Lipinski definition) is 7. The monoisotopic (exact) mass is 471 g/mol. The summed E-state index contributed by atoms with van der Waals surface area (Å²) in [4.78, 5) is 38.0. The molecule has 0 fully saturated rings. The molecule has 0 unspecified atom stereocenters. The fourth-order valence-corrected chi connectivity index (χ4v) is 3.54. The van der Waals surface area contributed by atoms with E-state index in [-0.39, 0.29) is 24.7 Å². The highest BCUT2D eigenvalue weighted by Gasteiger charge is 2.31. The number of unbranched alkanes of at least 4 members (excludes halogenated alkanes) is 2. The van der Waals surface area contributed by atoms with Crippen LogP contribution in [0, 0.1) is 11.8 Å². The highest BCUT2D eigenvalue weighted by Crippen LogP contribution is 2.12. The molecule has 9 heteroatoms. The molecule has 0 aliphatic heterocycles. The summed E-state index contributed by atoms with van der Waals surface area (Å²) in [5, 5.41) is 18.6. The van der Waals surface area contributed by atoms with Gasteiger partial charge in [-0.05, 0) is 51.7 Å².